The van der Waals surface area contributed by atoms with Gasteiger partial charge in [-0.3, -0.25) is 4.79 Å². The summed E-state index contributed by atoms with van der Waals surface area (Å²) in [5, 5.41) is 12.1. The molecule has 0 aromatic heterocycles. The Morgan fingerprint density at radius 2 is 2.12 bits per heavy atom. The molecule has 1 saturated carbocycles. The maximum absolute atomic E-state index is 11.0. The van der Waals surface area contributed by atoms with Crippen molar-refractivity contribution in [3.8, 4) is 0 Å². The van der Waals surface area contributed by atoms with E-state index >= 15 is 0 Å². The zero-order chi connectivity index (χ0) is 12.1. The van der Waals surface area contributed by atoms with Crippen LogP contribution in [0.3, 0.4) is 0 Å². The highest BCUT2D eigenvalue weighted by molar-refractivity contribution is 5.74. The summed E-state index contributed by atoms with van der Waals surface area (Å²) in [5.41, 5.74) is 1.13. The van der Waals surface area contributed by atoms with Gasteiger partial charge in [-0.2, -0.15) is 0 Å². The second-order valence-corrected chi connectivity index (χ2v) is 4.37. The molecule has 1 aliphatic rings. The van der Waals surface area contributed by atoms with Crippen molar-refractivity contribution < 1.29 is 9.90 Å². The van der Waals surface area contributed by atoms with E-state index in [2.05, 4.69) is 5.32 Å². The van der Waals surface area contributed by atoms with Gasteiger partial charge in [0, 0.05) is 6.54 Å². The van der Waals surface area contributed by atoms with Gasteiger partial charge in [-0.1, -0.05) is 42.5 Å². The minimum atomic E-state index is -0.736. The summed E-state index contributed by atoms with van der Waals surface area (Å²) in [6, 6.07) is 9.60. The lowest BCUT2D eigenvalue weighted by Crippen LogP contribution is -2.38. The third-order valence-corrected chi connectivity index (χ3v) is 2.92. The molecule has 0 spiro atoms. The minimum Gasteiger partial charge on any atom is -0.480 e. The summed E-state index contributed by atoms with van der Waals surface area (Å²) in [6.45, 7) is 0.600. The molecule has 90 valence electrons. The van der Waals surface area contributed by atoms with Crippen LogP contribution in [-0.2, 0) is 4.79 Å². The summed E-state index contributed by atoms with van der Waals surface area (Å²) in [5.74, 6) is -0.404. The molecule has 0 aliphatic heterocycles. The van der Waals surface area contributed by atoms with Gasteiger partial charge in [-0.05, 0) is 24.3 Å². The number of hydrogen-bond acceptors (Lipinski definition) is 2. The number of benzene rings is 1. The molecule has 0 amide bonds. The molecule has 2 N–H and O–H groups in total. The molecule has 3 nitrogen and oxygen atoms in total. The van der Waals surface area contributed by atoms with Crippen LogP contribution in [0.25, 0.3) is 6.08 Å². The molecule has 1 fully saturated rings. The zero-order valence-electron chi connectivity index (χ0n) is 9.67. The van der Waals surface area contributed by atoms with Crippen LogP contribution >= 0.6 is 0 Å². The van der Waals surface area contributed by atoms with Gasteiger partial charge in [0.15, 0.2) is 0 Å². The summed E-state index contributed by atoms with van der Waals surface area (Å²) in [4.78, 5) is 11.0. The number of hydrogen-bond donors (Lipinski definition) is 2. The first kappa shape index (κ1) is 11.9. The highest BCUT2D eigenvalue weighted by Crippen LogP contribution is 2.32. The van der Waals surface area contributed by atoms with Crippen LogP contribution in [0.15, 0.2) is 36.4 Å². The minimum absolute atomic E-state index is 0.331. The third-order valence-electron chi connectivity index (χ3n) is 2.92. The molecule has 1 unspecified atom stereocenters. The fourth-order valence-electron chi connectivity index (χ4n) is 1.84. The molecule has 1 atom stereocenters. The van der Waals surface area contributed by atoms with E-state index in [0.717, 1.165) is 18.4 Å². The number of carboxylic acid groups (broad SMARTS) is 1. The highest BCUT2D eigenvalue weighted by Gasteiger charge is 2.35. The average molecular weight is 231 g/mol. The molecule has 2 rings (SSSR count). The first-order valence-corrected chi connectivity index (χ1v) is 5.95. The van der Waals surface area contributed by atoms with Crippen molar-refractivity contribution >= 4 is 12.0 Å². The van der Waals surface area contributed by atoms with Gasteiger partial charge < -0.3 is 10.4 Å². The van der Waals surface area contributed by atoms with E-state index in [0.29, 0.717) is 12.5 Å². The Kier molecular flexibility index (Phi) is 3.94. The van der Waals surface area contributed by atoms with Crippen LogP contribution in [0.4, 0.5) is 0 Å². The smallest absolute Gasteiger partial charge is 0.320 e. The summed E-state index contributed by atoms with van der Waals surface area (Å²) in [6.07, 6.45) is 6.03. The number of nitrogens with one attached hydrogen (secondary N) is 1. The van der Waals surface area contributed by atoms with E-state index in [4.69, 9.17) is 5.11 Å². The predicted molar refractivity (Wildman–Crippen MR) is 67.6 cm³/mol. The Labute approximate surface area is 101 Å². The number of carboxylic acids is 1. The van der Waals surface area contributed by atoms with Crippen LogP contribution in [0, 0.1) is 5.92 Å². The molecule has 1 aromatic rings. The Bertz CT molecular complexity index is 396. The van der Waals surface area contributed by atoms with E-state index in [1.807, 2.05) is 42.5 Å². The highest BCUT2D eigenvalue weighted by atomic mass is 16.4. The maximum Gasteiger partial charge on any atom is 0.320 e. The quantitative estimate of drug-likeness (QED) is 0.788. The molecule has 1 aromatic carbocycles. The molecule has 0 saturated heterocycles. The Morgan fingerprint density at radius 3 is 2.71 bits per heavy atom. The van der Waals surface area contributed by atoms with E-state index < -0.39 is 5.97 Å². The number of rotatable bonds is 6. The molecule has 0 radical (unpaired) electrons. The Morgan fingerprint density at radius 1 is 1.41 bits per heavy atom. The van der Waals surface area contributed by atoms with Crippen LogP contribution in [0.2, 0.25) is 0 Å². The van der Waals surface area contributed by atoms with Crippen LogP contribution in [-0.4, -0.2) is 23.7 Å². The van der Waals surface area contributed by atoms with Crippen molar-refractivity contribution in [2.75, 3.05) is 6.54 Å². The Hall–Kier alpha value is -1.61. The average Bonchev–Trinajstić information content (AvgIpc) is 3.14. The first-order valence-electron chi connectivity index (χ1n) is 5.95. The number of carbonyl (C=O) groups is 1. The lowest BCUT2D eigenvalue weighted by atomic mass is 10.2. The van der Waals surface area contributed by atoms with Gasteiger partial charge in [0.05, 0.1) is 0 Å². The van der Waals surface area contributed by atoms with E-state index in [9.17, 15) is 4.79 Å². The van der Waals surface area contributed by atoms with Gasteiger partial charge >= 0.3 is 5.97 Å². The van der Waals surface area contributed by atoms with E-state index in [1.54, 1.807) is 0 Å². The van der Waals surface area contributed by atoms with Gasteiger partial charge in [0.1, 0.15) is 6.04 Å². The fourth-order valence-corrected chi connectivity index (χ4v) is 1.84. The van der Waals surface area contributed by atoms with Crippen LogP contribution < -0.4 is 5.32 Å². The lowest BCUT2D eigenvalue weighted by Gasteiger charge is -2.11. The van der Waals surface area contributed by atoms with E-state index in [-0.39, 0.29) is 6.04 Å². The second kappa shape index (κ2) is 5.64. The van der Waals surface area contributed by atoms with Crippen molar-refractivity contribution in [1.29, 1.82) is 0 Å². The largest absolute Gasteiger partial charge is 0.480 e. The first-order chi connectivity index (χ1) is 8.27. The second-order valence-electron chi connectivity index (χ2n) is 4.37. The molecule has 0 heterocycles. The lowest BCUT2D eigenvalue weighted by molar-refractivity contribution is -0.140. The Balaban J connectivity index is 1.78. The SMILES string of the molecule is O=C(O)C(NCC=Cc1ccccc1)C1CC1. The van der Waals surface area contributed by atoms with Crippen LogP contribution in [0.5, 0.6) is 0 Å². The molecular formula is C14H17NO2. The third kappa shape index (κ3) is 3.71. The van der Waals surface area contributed by atoms with Crippen molar-refractivity contribution in [3.05, 3.63) is 42.0 Å². The predicted octanol–water partition coefficient (Wildman–Crippen LogP) is 2.15. The van der Waals surface area contributed by atoms with Gasteiger partial charge in [0.25, 0.3) is 0 Å². The number of aliphatic carboxylic acids is 1. The molecule has 17 heavy (non-hydrogen) atoms. The monoisotopic (exact) mass is 231 g/mol. The summed E-state index contributed by atoms with van der Waals surface area (Å²) < 4.78 is 0. The van der Waals surface area contributed by atoms with Crippen LogP contribution in [0.1, 0.15) is 18.4 Å². The van der Waals surface area contributed by atoms with Gasteiger partial charge in [0.2, 0.25) is 0 Å². The van der Waals surface area contributed by atoms with Crippen molar-refractivity contribution in [2.45, 2.75) is 18.9 Å². The molecule has 0 bridgehead atoms. The van der Waals surface area contributed by atoms with Gasteiger partial charge in [-0.15, -0.1) is 0 Å². The molecule has 1 aliphatic carbocycles. The maximum atomic E-state index is 11.0. The van der Waals surface area contributed by atoms with Crippen molar-refractivity contribution in [2.24, 2.45) is 5.92 Å². The standard InChI is InChI=1S/C14H17NO2/c16-14(17)13(12-8-9-12)15-10-4-7-11-5-2-1-3-6-11/h1-7,12-13,15H,8-10H2,(H,16,17). The summed E-state index contributed by atoms with van der Waals surface area (Å²) >= 11 is 0. The summed E-state index contributed by atoms with van der Waals surface area (Å²) in [7, 11) is 0. The van der Waals surface area contributed by atoms with Crippen molar-refractivity contribution in [3.63, 3.8) is 0 Å². The zero-order valence-corrected chi connectivity index (χ0v) is 9.67. The van der Waals surface area contributed by atoms with Crippen molar-refractivity contribution in [1.82, 2.24) is 5.32 Å². The molecular weight excluding hydrogens is 214 g/mol. The normalized spacial score (nSPS) is 17.2. The molecule has 3 heteroatoms. The fraction of sp³-hybridized carbons (Fsp3) is 0.357. The van der Waals surface area contributed by atoms with Gasteiger partial charge in [-0.25, -0.2) is 0 Å². The van der Waals surface area contributed by atoms with E-state index in [1.165, 1.54) is 0 Å². The topological polar surface area (TPSA) is 49.3 Å².